The zero-order chi connectivity index (χ0) is 14.7. The number of hydrogen-bond donors (Lipinski definition) is 1. The lowest BCUT2D eigenvalue weighted by Crippen LogP contribution is -2.30. The number of rotatable bonds is 3. The summed E-state index contributed by atoms with van der Waals surface area (Å²) in [5, 5.41) is 3.11. The summed E-state index contributed by atoms with van der Waals surface area (Å²) in [5.41, 5.74) is 1.46. The fourth-order valence-electron chi connectivity index (χ4n) is 2.61. The van der Waals surface area contributed by atoms with Gasteiger partial charge in [-0.2, -0.15) is 0 Å². The van der Waals surface area contributed by atoms with E-state index in [9.17, 15) is 9.59 Å². The van der Waals surface area contributed by atoms with Crippen LogP contribution >= 0.6 is 11.6 Å². The van der Waals surface area contributed by atoms with Gasteiger partial charge in [-0.1, -0.05) is 23.7 Å². The second kappa shape index (κ2) is 6.27. The number of benzene rings is 1. The first-order valence-electron chi connectivity index (χ1n) is 6.78. The first-order chi connectivity index (χ1) is 9.52. The Balaban J connectivity index is 2.06. The third-order valence-corrected chi connectivity index (χ3v) is 4.08. The molecule has 0 saturated carbocycles. The van der Waals surface area contributed by atoms with Crippen LogP contribution in [-0.2, 0) is 4.79 Å². The first kappa shape index (κ1) is 14.9. The van der Waals surface area contributed by atoms with E-state index in [-0.39, 0.29) is 17.7 Å². The fourth-order valence-corrected chi connectivity index (χ4v) is 2.91. The Hall–Kier alpha value is -1.55. The molecule has 0 spiro atoms. The highest BCUT2D eigenvalue weighted by atomic mass is 35.5. The second-order valence-electron chi connectivity index (χ2n) is 5.21. The second-order valence-corrected chi connectivity index (χ2v) is 5.62. The fraction of sp³-hybridized carbons (Fsp3) is 0.467. The van der Waals surface area contributed by atoms with Crippen molar-refractivity contribution in [3.8, 4) is 0 Å². The number of amides is 2. The average molecular weight is 295 g/mol. The Labute approximate surface area is 124 Å². The van der Waals surface area contributed by atoms with E-state index in [0.717, 1.165) is 12.0 Å². The molecule has 4 nitrogen and oxygen atoms in total. The summed E-state index contributed by atoms with van der Waals surface area (Å²) in [6.45, 7) is 3.19. The predicted octanol–water partition coefficient (Wildman–Crippen LogP) is 2.25. The van der Waals surface area contributed by atoms with Gasteiger partial charge in [0.05, 0.1) is 10.6 Å². The van der Waals surface area contributed by atoms with E-state index in [1.165, 1.54) is 0 Å². The smallest absolute Gasteiger partial charge is 0.255 e. The van der Waals surface area contributed by atoms with Gasteiger partial charge in [0.25, 0.3) is 5.91 Å². The molecule has 108 valence electrons. The molecular weight excluding hydrogens is 276 g/mol. The minimum Gasteiger partial charge on any atom is -0.359 e. The van der Waals surface area contributed by atoms with Gasteiger partial charge in [-0.05, 0) is 30.9 Å². The number of nitrogens with zero attached hydrogens (tertiary/aromatic N) is 1. The minimum atomic E-state index is -0.0347. The first-order valence-corrected chi connectivity index (χ1v) is 7.15. The molecule has 1 N–H and O–H groups in total. The van der Waals surface area contributed by atoms with Crippen molar-refractivity contribution in [2.45, 2.75) is 19.8 Å². The lowest BCUT2D eigenvalue weighted by molar-refractivity contribution is -0.121. The third-order valence-electron chi connectivity index (χ3n) is 3.76. The van der Waals surface area contributed by atoms with Crippen LogP contribution in [0.2, 0.25) is 5.02 Å². The molecule has 0 bridgehead atoms. The van der Waals surface area contributed by atoms with Gasteiger partial charge in [0.15, 0.2) is 0 Å². The van der Waals surface area contributed by atoms with Gasteiger partial charge in [0.2, 0.25) is 5.91 Å². The molecule has 1 unspecified atom stereocenters. The van der Waals surface area contributed by atoms with Crippen LogP contribution in [0.3, 0.4) is 0 Å². The van der Waals surface area contributed by atoms with Crippen LogP contribution in [0.25, 0.3) is 0 Å². The van der Waals surface area contributed by atoms with Gasteiger partial charge in [0, 0.05) is 26.6 Å². The lowest BCUT2D eigenvalue weighted by atomic mass is 10.0. The summed E-state index contributed by atoms with van der Waals surface area (Å²) in [6, 6.07) is 5.46. The molecule has 1 heterocycles. The Morgan fingerprint density at radius 3 is 2.85 bits per heavy atom. The van der Waals surface area contributed by atoms with Crippen LogP contribution in [0, 0.1) is 12.8 Å². The normalized spacial score (nSPS) is 18.1. The van der Waals surface area contributed by atoms with Gasteiger partial charge in [-0.25, -0.2) is 0 Å². The van der Waals surface area contributed by atoms with Gasteiger partial charge < -0.3 is 10.2 Å². The van der Waals surface area contributed by atoms with E-state index < -0.39 is 0 Å². The molecule has 20 heavy (non-hydrogen) atoms. The van der Waals surface area contributed by atoms with E-state index in [1.54, 1.807) is 18.0 Å². The quantitative estimate of drug-likeness (QED) is 0.929. The predicted molar refractivity (Wildman–Crippen MR) is 78.9 cm³/mol. The number of hydrogen-bond acceptors (Lipinski definition) is 2. The SMILES string of the molecule is CNC(=O)CC1CCN(C(=O)c2c(C)cccc2Cl)C1. The van der Waals surface area contributed by atoms with Crippen molar-refractivity contribution in [2.24, 2.45) is 5.92 Å². The maximum absolute atomic E-state index is 12.5. The zero-order valence-corrected chi connectivity index (χ0v) is 12.5. The van der Waals surface area contributed by atoms with Gasteiger partial charge in [-0.15, -0.1) is 0 Å². The molecular formula is C15H19ClN2O2. The van der Waals surface area contributed by atoms with Crippen molar-refractivity contribution in [1.29, 1.82) is 0 Å². The average Bonchev–Trinajstić information content (AvgIpc) is 2.86. The van der Waals surface area contributed by atoms with Crippen LogP contribution in [0.5, 0.6) is 0 Å². The summed E-state index contributed by atoms with van der Waals surface area (Å²) in [5.74, 6) is 0.229. The highest BCUT2D eigenvalue weighted by Crippen LogP contribution is 2.26. The zero-order valence-electron chi connectivity index (χ0n) is 11.8. The van der Waals surface area contributed by atoms with Crippen LogP contribution < -0.4 is 5.32 Å². The Morgan fingerprint density at radius 1 is 1.45 bits per heavy atom. The molecule has 1 aromatic rings. The monoisotopic (exact) mass is 294 g/mol. The van der Waals surface area contributed by atoms with E-state index in [1.807, 2.05) is 19.1 Å². The number of likely N-dealkylation sites (tertiary alicyclic amines) is 1. The van der Waals surface area contributed by atoms with Gasteiger partial charge >= 0.3 is 0 Å². The Morgan fingerprint density at radius 2 is 2.20 bits per heavy atom. The van der Waals surface area contributed by atoms with Crippen LogP contribution in [0.1, 0.15) is 28.8 Å². The molecule has 1 fully saturated rings. The van der Waals surface area contributed by atoms with Crippen molar-refractivity contribution in [1.82, 2.24) is 10.2 Å². The van der Waals surface area contributed by atoms with E-state index in [4.69, 9.17) is 11.6 Å². The summed E-state index contributed by atoms with van der Waals surface area (Å²) in [7, 11) is 1.63. The summed E-state index contributed by atoms with van der Waals surface area (Å²) >= 11 is 6.13. The summed E-state index contributed by atoms with van der Waals surface area (Å²) in [6.07, 6.45) is 1.34. The lowest BCUT2D eigenvalue weighted by Gasteiger charge is -2.18. The van der Waals surface area contributed by atoms with E-state index >= 15 is 0 Å². The topological polar surface area (TPSA) is 49.4 Å². The maximum atomic E-state index is 12.5. The molecule has 0 radical (unpaired) electrons. The van der Waals surface area contributed by atoms with Crippen LogP contribution in [0.15, 0.2) is 18.2 Å². The van der Waals surface area contributed by atoms with Gasteiger partial charge in [-0.3, -0.25) is 9.59 Å². The summed E-state index contributed by atoms with van der Waals surface area (Å²) < 4.78 is 0. The van der Waals surface area contributed by atoms with Crippen molar-refractivity contribution >= 4 is 23.4 Å². The molecule has 2 rings (SSSR count). The third kappa shape index (κ3) is 3.12. The highest BCUT2D eigenvalue weighted by molar-refractivity contribution is 6.34. The van der Waals surface area contributed by atoms with Crippen molar-refractivity contribution in [3.05, 3.63) is 34.3 Å². The van der Waals surface area contributed by atoms with Crippen LogP contribution in [-0.4, -0.2) is 36.9 Å². The van der Waals surface area contributed by atoms with E-state index in [2.05, 4.69) is 5.32 Å². The Kier molecular flexibility index (Phi) is 4.65. The number of nitrogens with one attached hydrogen (secondary N) is 1. The van der Waals surface area contributed by atoms with Crippen molar-refractivity contribution in [2.75, 3.05) is 20.1 Å². The largest absolute Gasteiger partial charge is 0.359 e. The number of halogens is 1. The van der Waals surface area contributed by atoms with Gasteiger partial charge in [0.1, 0.15) is 0 Å². The van der Waals surface area contributed by atoms with E-state index in [0.29, 0.717) is 30.1 Å². The van der Waals surface area contributed by atoms with Crippen molar-refractivity contribution in [3.63, 3.8) is 0 Å². The molecule has 1 aliphatic heterocycles. The molecule has 1 saturated heterocycles. The molecule has 2 amide bonds. The Bertz CT molecular complexity index is 510. The molecule has 5 heteroatoms. The molecule has 1 aromatic carbocycles. The maximum Gasteiger partial charge on any atom is 0.255 e. The number of aryl methyl sites for hydroxylation is 1. The highest BCUT2D eigenvalue weighted by Gasteiger charge is 2.29. The molecule has 0 aromatic heterocycles. The standard InChI is InChI=1S/C15H19ClN2O2/c1-10-4-3-5-12(16)14(10)15(20)18-7-6-11(9-18)8-13(19)17-2/h3-5,11H,6-9H2,1-2H3,(H,17,19). The molecule has 1 atom stereocenters. The molecule has 1 aliphatic rings. The molecule has 0 aliphatic carbocycles. The summed E-state index contributed by atoms with van der Waals surface area (Å²) in [4.78, 5) is 25.7. The van der Waals surface area contributed by atoms with Crippen LogP contribution in [0.4, 0.5) is 0 Å². The number of carbonyl (C=O) groups excluding carboxylic acids is 2. The number of carbonyl (C=O) groups is 2. The van der Waals surface area contributed by atoms with Crippen molar-refractivity contribution < 1.29 is 9.59 Å². The minimum absolute atomic E-state index is 0.0261.